The number of rotatable bonds is 6. The molecule has 1 saturated heterocycles. The van der Waals surface area contributed by atoms with E-state index < -0.39 is 23.9 Å². The van der Waals surface area contributed by atoms with Crippen molar-refractivity contribution >= 4 is 23.9 Å². The van der Waals surface area contributed by atoms with E-state index in [9.17, 15) is 19.2 Å². The van der Waals surface area contributed by atoms with E-state index in [0.29, 0.717) is 30.2 Å². The first-order valence-electron chi connectivity index (χ1n) is 9.29. The predicted molar refractivity (Wildman–Crippen MR) is 112 cm³/mol. The lowest BCUT2D eigenvalue weighted by Gasteiger charge is -2.33. The lowest BCUT2D eigenvalue weighted by atomic mass is 9.87. The molecule has 0 radical (unpaired) electrons. The van der Waals surface area contributed by atoms with Gasteiger partial charge in [-0.25, -0.2) is 19.2 Å². The van der Waals surface area contributed by atoms with Gasteiger partial charge in [-0.2, -0.15) is 0 Å². The topological polar surface area (TPSA) is 178 Å². The van der Waals surface area contributed by atoms with Crippen molar-refractivity contribution in [1.29, 1.82) is 0 Å². The molecule has 0 amide bonds. The van der Waals surface area contributed by atoms with Crippen LogP contribution in [0.2, 0.25) is 0 Å². The summed E-state index contributed by atoms with van der Waals surface area (Å²) in [7, 11) is 2.18. The van der Waals surface area contributed by atoms with Crippen molar-refractivity contribution in [2.24, 2.45) is 11.7 Å². The van der Waals surface area contributed by atoms with Crippen molar-refractivity contribution in [3.8, 4) is 0 Å². The number of likely N-dealkylation sites (tertiary alicyclic amines) is 1. The Morgan fingerprint density at radius 1 is 0.903 bits per heavy atom. The highest BCUT2D eigenvalue weighted by Crippen LogP contribution is 2.27. The molecular formula is C21H28N2O8. The number of nitrogens with two attached hydrogens (primary N) is 1. The zero-order valence-corrected chi connectivity index (χ0v) is 17.1. The molecule has 0 aliphatic carbocycles. The predicted octanol–water partition coefficient (Wildman–Crippen LogP) is 1.45. The largest absolute Gasteiger partial charge is 0.478 e. The van der Waals surface area contributed by atoms with Crippen LogP contribution in [0.15, 0.2) is 54.6 Å². The van der Waals surface area contributed by atoms with E-state index in [1.807, 2.05) is 6.07 Å². The maximum Gasteiger partial charge on any atom is 0.328 e. The van der Waals surface area contributed by atoms with Crippen molar-refractivity contribution in [3.63, 3.8) is 0 Å². The molecular weight excluding hydrogens is 408 g/mol. The van der Waals surface area contributed by atoms with Crippen LogP contribution >= 0.6 is 0 Å². The number of hydrogen-bond donors (Lipinski definition) is 5. The first kappa shape index (κ1) is 27.5. The summed E-state index contributed by atoms with van der Waals surface area (Å²) in [5.74, 6) is -4.41. The van der Waals surface area contributed by atoms with Crippen LogP contribution in [0.5, 0.6) is 0 Å². The molecule has 1 aliphatic rings. The van der Waals surface area contributed by atoms with Crippen LogP contribution in [0.1, 0.15) is 24.4 Å². The van der Waals surface area contributed by atoms with E-state index in [-0.39, 0.29) is 6.04 Å². The fourth-order valence-electron chi connectivity index (χ4n) is 2.73. The summed E-state index contributed by atoms with van der Waals surface area (Å²) < 4.78 is 0. The average molecular weight is 436 g/mol. The van der Waals surface area contributed by atoms with Gasteiger partial charge in [0.2, 0.25) is 0 Å². The summed E-state index contributed by atoms with van der Waals surface area (Å²) in [6.07, 6.45) is 4.78. The number of piperidine rings is 1. The lowest BCUT2D eigenvalue weighted by molar-refractivity contribution is -0.134. The molecule has 2 rings (SSSR count). The van der Waals surface area contributed by atoms with E-state index in [2.05, 4.69) is 36.2 Å². The standard InChI is InChI=1S/C13H20N2.2C4H4O4/c1-15-9-5-8-12(10-15)13(14)11-6-3-2-4-7-11;2*5-3(6)1-2-4(7)8/h2-4,6-7,12-13H,5,8-10,14H2,1H3;2*1-2H,(H,5,6)(H,7,8)/b;2*2-1-. The molecule has 0 spiro atoms. The van der Waals surface area contributed by atoms with Gasteiger partial charge in [-0.3, -0.25) is 0 Å². The van der Waals surface area contributed by atoms with E-state index in [4.69, 9.17) is 26.2 Å². The molecule has 1 aromatic rings. The number of hydrogen-bond acceptors (Lipinski definition) is 6. The Balaban J connectivity index is 0.000000483. The molecule has 1 heterocycles. The molecule has 2 unspecified atom stereocenters. The molecule has 6 N–H and O–H groups in total. The molecule has 1 aromatic carbocycles. The maximum absolute atomic E-state index is 9.55. The van der Waals surface area contributed by atoms with Gasteiger partial charge >= 0.3 is 23.9 Å². The highest BCUT2D eigenvalue weighted by molar-refractivity contribution is 5.90. The molecule has 10 nitrogen and oxygen atoms in total. The van der Waals surface area contributed by atoms with Crippen LogP contribution in [0.3, 0.4) is 0 Å². The van der Waals surface area contributed by atoms with E-state index >= 15 is 0 Å². The first-order chi connectivity index (χ1) is 14.5. The fourth-order valence-corrected chi connectivity index (χ4v) is 2.73. The summed E-state index contributed by atoms with van der Waals surface area (Å²) in [5, 5.41) is 31.2. The minimum absolute atomic E-state index is 0.203. The number of carbonyl (C=O) groups is 4. The summed E-state index contributed by atoms with van der Waals surface area (Å²) in [4.78, 5) is 40.6. The van der Waals surface area contributed by atoms with Gasteiger partial charge in [-0.1, -0.05) is 30.3 Å². The normalized spacial score (nSPS) is 17.0. The quantitative estimate of drug-likeness (QED) is 0.410. The Morgan fingerprint density at radius 3 is 1.68 bits per heavy atom. The minimum Gasteiger partial charge on any atom is -0.478 e. The van der Waals surface area contributed by atoms with Gasteiger partial charge in [-0.05, 0) is 37.9 Å². The van der Waals surface area contributed by atoms with Gasteiger partial charge in [0.25, 0.3) is 0 Å². The summed E-state index contributed by atoms with van der Waals surface area (Å²) in [6.45, 7) is 2.36. The Hall–Kier alpha value is -3.50. The summed E-state index contributed by atoms with van der Waals surface area (Å²) in [5.41, 5.74) is 7.58. The lowest BCUT2D eigenvalue weighted by Crippen LogP contribution is -2.37. The Morgan fingerprint density at radius 2 is 1.32 bits per heavy atom. The number of carboxylic acid groups (broad SMARTS) is 4. The number of carboxylic acids is 4. The van der Waals surface area contributed by atoms with Crippen molar-refractivity contribution in [3.05, 3.63) is 60.2 Å². The zero-order valence-electron chi connectivity index (χ0n) is 17.1. The van der Waals surface area contributed by atoms with E-state index in [1.54, 1.807) is 0 Å². The zero-order chi connectivity index (χ0) is 23.8. The Kier molecular flexibility index (Phi) is 13.6. The van der Waals surface area contributed by atoms with Crippen LogP contribution in [-0.2, 0) is 19.2 Å². The van der Waals surface area contributed by atoms with Gasteiger partial charge in [0.05, 0.1) is 0 Å². The molecule has 1 aliphatic heterocycles. The van der Waals surface area contributed by atoms with E-state index in [1.165, 1.54) is 24.9 Å². The molecule has 0 bridgehead atoms. The second-order valence-electron chi connectivity index (χ2n) is 6.62. The number of benzene rings is 1. The molecule has 10 heteroatoms. The highest BCUT2D eigenvalue weighted by atomic mass is 16.4. The fraction of sp³-hybridized carbons (Fsp3) is 0.333. The third-order valence-corrected chi connectivity index (χ3v) is 4.09. The molecule has 2 atom stereocenters. The molecule has 170 valence electrons. The second-order valence-corrected chi connectivity index (χ2v) is 6.62. The second kappa shape index (κ2) is 15.4. The highest BCUT2D eigenvalue weighted by Gasteiger charge is 2.23. The third kappa shape index (κ3) is 15.1. The van der Waals surface area contributed by atoms with Crippen LogP contribution in [-0.4, -0.2) is 69.3 Å². The van der Waals surface area contributed by atoms with Gasteiger partial charge in [0.15, 0.2) is 0 Å². The van der Waals surface area contributed by atoms with Crippen molar-refractivity contribution in [2.75, 3.05) is 20.1 Å². The monoisotopic (exact) mass is 436 g/mol. The smallest absolute Gasteiger partial charge is 0.328 e. The van der Waals surface area contributed by atoms with Gasteiger partial charge < -0.3 is 31.1 Å². The van der Waals surface area contributed by atoms with Crippen LogP contribution in [0, 0.1) is 5.92 Å². The molecule has 1 fully saturated rings. The number of nitrogens with zero attached hydrogens (tertiary/aromatic N) is 1. The molecule has 0 saturated carbocycles. The summed E-state index contributed by atoms with van der Waals surface area (Å²) >= 11 is 0. The van der Waals surface area contributed by atoms with Gasteiger partial charge in [0, 0.05) is 36.9 Å². The summed E-state index contributed by atoms with van der Waals surface area (Å²) in [6, 6.07) is 10.7. The Bertz CT molecular complexity index is 711. The maximum atomic E-state index is 9.55. The van der Waals surface area contributed by atoms with Crippen LogP contribution in [0.25, 0.3) is 0 Å². The minimum atomic E-state index is -1.26. The first-order valence-corrected chi connectivity index (χ1v) is 9.29. The van der Waals surface area contributed by atoms with E-state index in [0.717, 1.165) is 6.54 Å². The van der Waals surface area contributed by atoms with Crippen LogP contribution < -0.4 is 5.73 Å². The SMILES string of the molecule is CN1CCCC(C(N)c2ccccc2)C1.O=C(O)/C=C\C(=O)O.O=C(O)/C=C\C(=O)O. The van der Waals surface area contributed by atoms with Crippen molar-refractivity contribution in [1.82, 2.24) is 4.90 Å². The third-order valence-electron chi connectivity index (χ3n) is 4.09. The van der Waals surface area contributed by atoms with Crippen molar-refractivity contribution in [2.45, 2.75) is 18.9 Å². The van der Waals surface area contributed by atoms with Crippen molar-refractivity contribution < 1.29 is 39.6 Å². The van der Waals surface area contributed by atoms with Crippen LogP contribution in [0.4, 0.5) is 0 Å². The molecule has 0 aromatic heterocycles. The van der Waals surface area contributed by atoms with Gasteiger partial charge in [-0.15, -0.1) is 0 Å². The Labute approximate surface area is 179 Å². The average Bonchev–Trinajstić information content (AvgIpc) is 2.72. The van der Waals surface area contributed by atoms with Gasteiger partial charge in [0.1, 0.15) is 0 Å². The number of aliphatic carboxylic acids is 4. The molecule has 31 heavy (non-hydrogen) atoms.